The number of alkyl halides is 2. The summed E-state index contributed by atoms with van der Waals surface area (Å²) in [5.41, 5.74) is 0.0127. The molecule has 15 heavy (non-hydrogen) atoms. The number of hydrogen-bond acceptors (Lipinski definition) is 2. The average molecular weight is 215 g/mol. The number of rotatable bonds is 3. The minimum atomic E-state index is -2.41. The Labute approximate surface area is 87.5 Å². The Kier molecular flexibility index (Phi) is 3.30. The standard InChI is InChI=1S/C10H15F2N3/c11-10(12)9-5-14-15(7-9)6-8-2-1-3-13-4-8/h5,7-8,10,13H,1-4,6H2. The van der Waals surface area contributed by atoms with Crippen LogP contribution in [-0.2, 0) is 6.54 Å². The summed E-state index contributed by atoms with van der Waals surface area (Å²) < 4.78 is 26.2. The lowest BCUT2D eigenvalue weighted by atomic mass is 10.00. The van der Waals surface area contributed by atoms with Gasteiger partial charge in [0.1, 0.15) is 0 Å². The molecule has 3 nitrogen and oxygen atoms in total. The van der Waals surface area contributed by atoms with Gasteiger partial charge in [-0.25, -0.2) is 8.78 Å². The molecule has 0 spiro atoms. The smallest absolute Gasteiger partial charge is 0.266 e. The van der Waals surface area contributed by atoms with Gasteiger partial charge in [-0.1, -0.05) is 0 Å². The fraction of sp³-hybridized carbons (Fsp3) is 0.700. The Morgan fingerprint density at radius 2 is 2.47 bits per heavy atom. The van der Waals surface area contributed by atoms with Crippen LogP contribution in [0.4, 0.5) is 8.78 Å². The second-order valence-electron chi connectivity index (χ2n) is 4.01. The van der Waals surface area contributed by atoms with Gasteiger partial charge in [-0.05, 0) is 31.8 Å². The van der Waals surface area contributed by atoms with Crippen LogP contribution in [-0.4, -0.2) is 22.9 Å². The molecular weight excluding hydrogens is 200 g/mol. The lowest BCUT2D eigenvalue weighted by Gasteiger charge is -2.22. The normalized spacial score (nSPS) is 22.2. The number of halogens is 2. The van der Waals surface area contributed by atoms with E-state index in [1.807, 2.05) is 0 Å². The van der Waals surface area contributed by atoms with Gasteiger partial charge in [-0.15, -0.1) is 0 Å². The first-order chi connectivity index (χ1) is 7.25. The van der Waals surface area contributed by atoms with Gasteiger partial charge >= 0.3 is 0 Å². The Morgan fingerprint density at radius 3 is 3.07 bits per heavy atom. The van der Waals surface area contributed by atoms with E-state index >= 15 is 0 Å². The Bertz CT molecular complexity index is 305. The maximum atomic E-state index is 12.3. The van der Waals surface area contributed by atoms with Crippen molar-refractivity contribution < 1.29 is 8.78 Å². The second kappa shape index (κ2) is 4.70. The van der Waals surface area contributed by atoms with Gasteiger partial charge in [0, 0.05) is 12.7 Å². The van der Waals surface area contributed by atoms with E-state index in [0.717, 1.165) is 32.5 Å². The van der Waals surface area contributed by atoms with Gasteiger partial charge in [0.15, 0.2) is 0 Å². The average Bonchev–Trinajstić information content (AvgIpc) is 2.68. The van der Waals surface area contributed by atoms with E-state index in [-0.39, 0.29) is 5.56 Å². The second-order valence-corrected chi connectivity index (χ2v) is 4.01. The Hall–Kier alpha value is -0.970. The number of nitrogens with one attached hydrogen (secondary N) is 1. The molecule has 2 heterocycles. The summed E-state index contributed by atoms with van der Waals surface area (Å²) in [6.07, 6.45) is 2.59. The lowest BCUT2D eigenvalue weighted by Crippen LogP contribution is -2.32. The first-order valence-electron chi connectivity index (χ1n) is 5.27. The molecule has 1 aromatic rings. The number of hydrogen-bond donors (Lipinski definition) is 1. The Morgan fingerprint density at radius 1 is 1.60 bits per heavy atom. The minimum absolute atomic E-state index is 0.0127. The predicted molar refractivity (Wildman–Crippen MR) is 52.8 cm³/mol. The lowest BCUT2D eigenvalue weighted by molar-refractivity contribution is 0.151. The van der Waals surface area contributed by atoms with Crippen LogP contribution in [0.15, 0.2) is 12.4 Å². The highest BCUT2D eigenvalue weighted by Crippen LogP contribution is 2.18. The molecule has 84 valence electrons. The van der Waals surface area contributed by atoms with Crippen molar-refractivity contribution >= 4 is 0 Å². The molecule has 0 amide bonds. The van der Waals surface area contributed by atoms with Crippen molar-refractivity contribution in [3.8, 4) is 0 Å². The molecule has 1 unspecified atom stereocenters. The molecule has 0 saturated carbocycles. The van der Waals surface area contributed by atoms with Gasteiger partial charge < -0.3 is 5.32 Å². The molecule has 1 aliphatic heterocycles. The molecule has 1 fully saturated rings. The van der Waals surface area contributed by atoms with E-state index in [1.165, 1.54) is 12.4 Å². The first kappa shape index (κ1) is 10.5. The van der Waals surface area contributed by atoms with Crippen LogP contribution in [0.1, 0.15) is 24.8 Å². The van der Waals surface area contributed by atoms with Crippen molar-refractivity contribution in [2.75, 3.05) is 13.1 Å². The molecule has 1 N–H and O–H groups in total. The maximum absolute atomic E-state index is 12.3. The molecule has 0 bridgehead atoms. The van der Waals surface area contributed by atoms with Crippen molar-refractivity contribution in [1.29, 1.82) is 0 Å². The van der Waals surface area contributed by atoms with E-state index < -0.39 is 6.43 Å². The molecule has 0 aliphatic carbocycles. The van der Waals surface area contributed by atoms with E-state index in [2.05, 4.69) is 10.4 Å². The van der Waals surface area contributed by atoms with Crippen LogP contribution < -0.4 is 5.32 Å². The van der Waals surface area contributed by atoms with E-state index in [0.29, 0.717) is 5.92 Å². The van der Waals surface area contributed by atoms with Crippen LogP contribution in [0.5, 0.6) is 0 Å². The van der Waals surface area contributed by atoms with Crippen LogP contribution in [0.25, 0.3) is 0 Å². The zero-order valence-corrected chi connectivity index (χ0v) is 8.50. The van der Waals surface area contributed by atoms with Crippen molar-refractivity contribution in [2.45, 2.75) is 25.8 Å². The Balaban J connectivity index is 1.91. The number of piperidine rings is 1. The minimum Gasteiger partial charge on any atom is -0.316 e. The third-order valence-corrected chi connectivity index (χ3v) is 2.75. The third-order valence-electron chi connectivity index (χ3n) is 2.75. The SMILES string of the molecule is FC(F)c1cnn(CC2CCCNC2)c1. The van der Waals surface area contributed by atoms with Gasteiger partial charge in [0.05, 0.1) is 11.8 Å². The highest BCUT2D eigenvalue weighted by Gasteiger charge is 2.15. The van der Waals surface area contributed by atoms with Crippen LogP contribution in [0, 0.1) is 5.92 Å². The highest BCUT2D eigenvalue weighted by molar-refractivity contribution is 5.05. The quantitative estimate of drug-likeness (QED) is 0.833. The van der Waals surface area contributed by atoms with Crippen molar-refractivity contribution in [2.24, 2.45) is 5.92 Å². The van der Waals surface area contributed by atoms with Crippen molar-refractivity contribution in [1.82, 2.24) is 15.1 Å². The van der Waals surface area contributed by atoms with E-state index in [4.69, 9.17) is 0 Å². The fourth-order valence-corrected chi connectivity index (χ4v) is 1.94. The number of nitrogens with zero attached hydrogens (tertiary/aromatic N) is 2. The molecule has 5 heteroatoms. The summed E-state index contributed by atoms with van der Waals surface area (Å²) in [7, 11) is 0. The largest absolute Gasteiger partial charge is 0.316 e. The van der Waals surface area contributed by atoms with Crippen LogP contribution in [0.2, 0.25) is 0 Å². The maximum Gasteiger partial charge on any atom is 0.266 e. The monoisotopic (exact) mass is 215 g/mol. The van der Waals surface area contributed by atoms with Crippen LogP contribution in [0.3, 0.4) is 0 Å². The van der Waals surface area contributed by atoms with Crippen LogP contribution >= 0.6 is 0 Å². The van der Waals surface area contributed by atoms with Gasteiger partial charge in [0.25, 0.3) is 6.43 Å². The van der Waals surface area contributed by atoms with E-state index in [1.54, 1.807) is 4.68 Å². The first-order valence-corrected chi connectivity index (χ1v) is 5.27. The fourth-order valence-electron chi connectivity index (χ4n) is 1.94. The van der Waals surface area contributed by atoms with Crippen molar-refractivity contribution in [3.63, 3.8) is 0 Å². The summed E-state index contributed by atoms with van der Waals surface area (Å²) in [5, 5.41) is 7.24. The zero-order valence-electron chi connectivity index (χ0n) is 8.50. The summed E-state index contributed by atoms with van der Waals surface area (Å²) >= 11 is 0. The molecule has 1 aliphatic rings. The summed E-state index contributed by atoms with van der Waals surface area (Å²) in [4.78, 5) is 0. The van der Waals surface area contributed by atoms with E-state index in [9.17, 15) is 8.78 Å². The molecule has 2 rings (SSSR count). The van der Waals surface area contributed by atoms with Gasteiger partial charge in [-0.3, -0.25) is 4.68 Å². The molecule has 1 aromatic heterocycles. The molecule has 1 atom stereocenters. The summed E-state index contributed by atoms with van der Waals surface area (Å²) in [6, 6.07) is 0. The van der Waals surface area contributed by atoms with Crippen molar-refractivity contribution in [3.05, 3.63) is 18.0 Å². The topological polar surface area (TPSA) is 29.9 Å². The summed E-state index contributed by atoms with van der Waals surface area (Å²) in [6.45, 7) is 2.77. The third kappa shape index (κ3) is 2.75. The highest BCUT2D eigenvalue weighted by atomic mass is 19.3. The van der Waals surface area contributed by atoms with Gasteiger partial charge in [0.2, 0.25) is 0 Å². The molecule has 1 saturated heterocycles. The van der Waals surface area contributed by atoms with Gasteiger partial charge in [-0.2, -0.15) is 5.10 Å². The molecular formula is C10H15F2N3. The molecule has 0 radical (unpaired) electrons. The number of aromatic nitrogens is 2. The molecule has 0 aromatic carbocycles. The predicted octanol–water partition coefficient (Wildman–Crippen LogP) is 1.82. The zero-order chi connectivity index (χ0) is 10.7. The summed E-state index contributed by atoms with van der Waals surface area (Å²) in [5.74, 6) is 0.518.